The van der Waals surface area contributed by atoms with Crippen LogP contribution in [0, 0.1) is 5.82 Å². The highest BCUT2D eigenvalue weighted by atomic mass is 19.1. The second-order valence-electron chi connectivity index (χ2n) is 5.25. The van der Waals surface area contributed by atoms with Gasteiger partial charge in [-0.2, -0.15) is 0 Å². The predicted octanol–water partition coefficient (Wildman–Crippen LogP) is 3.36. The maximum absolute atomic E-state index is 13.8. The van der Waals surface area contributed by atoms with Crippen molar-refractivity contribution in [1.29, 1.82) is 0 Å². The molecule has 112 valence electrons. The zero-order chi connectivity index (χ0) is 15.2. The van der Waals surface area contributed by atoms with Gasteiger partial charge in [-0.05, 0) is 49.6 Å². The van der Waals surface area contributed by atoms with Gasteiger partial charge in [-0.1, -0.05) is 30.3 Å². The fraction of sp³-hybridized carbons (Fsp3) is 0.294. The van der Waals surface area contributed by atoms with E-state index in [9.17, 15) is 4.39 Å². The van der Waals surface area contributed by atoms with E-state index in [1.807, 2.05) is 44.2 Å². The molecule has 2 rings (SSSR count). The SMILES string of the molecule is CC(C)Oc1cccc(C(Cc2ccccc2F)NN)c1. The Morgan fingerprint density at radius 1 is 1.14 bits per heavy atom. The number of rotatable bonds is 6. The number of hydrazine groups is 1. The molecule has 2 aromatic carbocycles. The van der Waals surface area contributed by atoms with Crippen molar-refractivity contribution in [2.24, 2.45) is 5.84 Å². The Kier molecular flexibility index (Phi) is 5.31. The van der Waals surface area contributed by atoms with Crippen LogP contribution in [0.5, 0.6) is 5.75 Å². The normalized spacial score (nSPS) is 12.4. The Balaban J connectivity index is 2.19. The van der Waals surface area contributed by atoms with Crippen LogP contribution in [-0.2, 0) is 6.42 Å². The van der Waals surface area contributed by atoms with Crippen LogP contribution in [0.4, 0.5) is 4.39 Å². The second kappa shape index (κ2) is 7.20. The Morgan fingerprint density at radius 2 is 1.90 bits per heavy atom. The number of hydrogen-bond donors (Lipinski definition) is 2. The van der Waals surface area contributed by atoms with Gasteiger partial charge in [0.15, 0.2) is 0 Å². The minimum absolute atomic E-state index is 0.108. The van der Waals surface area contributed by atoms with E-state index in [4.69, 9.17) is 10.6 Å². The molecule has 0 aliphatic heterocycles. The third kappa shape index (κ3) is 4.28. The van der Waals surface area contributed by atoms with Crippen molar-refractivity contribution in [3.63, 3.8) is 0 Å². The Bertz CT molecular complexity index is 587. The molecule has 0 fully saturated rings. The lowest BCUT2D eigenvalue weighted by Crippen LogP contribution is -2.29. The molecule has 0 saturated carbocycles. The molecule has 3 nitrogen and oxygen atoms in total. The van der Waals surface area contributed by atoms with E-state index in [-0.39, 0.29) is 18.0 Å². The van der Waals surface area contributed by atoms with E-state index in [1.54, 1.807) is 12.1 Å². The first-order valence-corrected chi connectivity index (χ1v) is 7.06. The third-order valence-electron chi connectivity index (χ3n) is 3.22. The zero-order valence-electron chi connectivity index (χ0n) is 12.3. The maximum atomic E-state index is 13.8. The maximum Gasteiger partial charge on any atom is 0.126 e. The molecule has 0 aromatic heterocycles. The predicted molar refractivity (Wildman–Crippen MR) is 82.4 cm³/mol. The van der Waals surface area contributed by atoms with Gasteiger partial charge in [-0.15, -0.1) is 0 Å². The van der Waals surface area contributed by atoms with Gasteiger partial charge in [0.05, 0.1) is 12.1 Å². The molecule has 21 heavy (non-hydrogen) atoms. The highest BCUT2D eigenvalue weighted by molar-refractivity contribution is 5.32. The quantitative estimate of drug-likeness (QED) is 0.633. The van der Waals surface area contributed by atoms with E-state index in [1.165, 1.54) is 6.07 Å². The van der Waals surface area contributed by atoms with Crippen LogP contribution in [0.15, 0.2) is 48.5 Å². The van der Waals surface area contributed by atoms with Crippen molar-refractivity contribution < 1.29 is 9.13 Å². The largest absolute Gasteiger partial charge is 0.491 e. The molecule has 4 heteroatoms. The molecule has 1 atom stereocenters. The Morgan fingerprint density at radius 3 is 2.57 bits per heavy atom. The summed E-state index contributed by atoms with van der Waals surface area (Å²) in [6, 6.07) is 14.3. The molecule has 3 N–H and O–H groups in total. The van der Waals surface area contributed by atoms with Crippen LogP contribution in [0.3, 0.4) is 0 Å². The lowest BCUT2D eigenvalue weighted by molar-refractivity contribution is 0.242. The number of nitrogens with two attached hydrogens (primary N) is 1. The fourth-order valence-corrected chi connectivity index (χ4v) is 2.23. The number of ether oxygens (including phenoxy) is 1. The number of benzene rings is 2. The van der Waals surface area contributed by atoms with E-state index in [0.29, 0.717) is 12.0 Å². The van der Waals surface area contributed by atoms with E-state index < -0.39 is 0 Å². The number of hydrogen-bond acceptors (Lipinski definition) is 3. The molecule has 0 spiro atoms. The van der Waals surface area contributed by atoms with Crippen LogP contribution in [-0.4, -0.2) is 6.10 Å². The monoisotopic (exact) mass is 288 g/mol. The molecule has 0 amide bonds. The van der Waals surface area contributed by atoms with Crippen molar-refractivity contribution in [2.45, 2.75) is 32.4 Å². The van der Waals surface area contributed by atoms with Gasteiger partial charge in [0.2, 0.25) is 0 Å². The molecular weight excluding hydrogens is 267 g/mol. The van der Waals surface area contributed by atoms with Crippen LogP contribution in [0.2, 0.25) is 0 Å². The zero-order valence-corrected chi connectivity index (χ0v) is 12.3. The molecule has 0 aliphatic carbocycles. The molecule has 0 saturated heterocycles. The topological polar surface area (TPSA) is 47.3 Å². The highest BCUT2D eigenvalue weighted by Crippen LogP contribution is 2.23. The molecule has 0 bridgehead atoms. The Hall–Kier alpha value is -1.91. The van der Waals surface area contributed by atoms with Crippen molar-refractivity contribution in [2.75, 3.05) is 0 Å². The van der Waals surface area contributed by atoms with Gasteiger partial charge in [0.1, 0.15) is 11.6 Å². The summed E-state index contributed by atoms with van der Waals surface area (Å²) in [7, 11) is 0. The smallest absolute Gasteiger partial charge is 0.126 e. The standard InChI is InChI=1S/C17H21FN2O/c1-12(2)21-15-8-5-7-14(10-15)17(20-19)11-13-6-3-4-9-16(13)18/h3-10,12,17,20H,11,19H2,1-2H3. The van der Waals surface area contributed by atoms with Crippen molar-refractivity contribution in [3.8, 4) is 5.75 Å². The second-order valence-corrected chi connectivity index (χ2v) is 5.25. The molecule has 0 radical (unpaired) electrons. The van der Waals surface area contributed by atoms with Crippen LogP contribution in [0.25, 0.3) is 0 Å². The van der Waals surface area contributed by atoms with Crippen LogP contribution >= 0.6 is 0 Å². The van der Waals surface area contributed by atoms with Crippen LogP contribution in [0.1, 0.15) is 31.0 Å². The lowest BCUT2D eigenvalue weighted by atomic mass is 9.99. The number of halogens is 1. The van der Waals surface area contributed by atoms with E-state index in [0.717, 1.165) is 11.3 Å². The van der Waals surface area contributed by atoms with Gasteiger partial charge in [0, 0.05) is 0 Å². The summed E-state index contributed by atoms with van der Waals surface area (Å²) in [4.78, 5) is 0. The van der Waals surface area contributed by atoms with Crippen LogP contribution < -0.4 is 16.0 Å². The van der Waals surface area contributed by atoms with Crippen molar-refractivity contribution in [1.82, 2.24) is 5.43 Å². The number of nitrogens with one attached hydrogen (secondary N) is 1. The summed E-state index contributed by atoms with van der Waals surface area (Å²) in [5.41, 5.74) is 4.36. The first kappa shape index (κ1) is 15.5. The summed E-state index contributed by atoms with van der Waals surface area (Å²) < 4.78 is 19.4. The fourth-order valence-electron chi connectivity index (χ4n) is 2.23. The minimum atomic E-state index is -0.215. The molecule has 0 heterocycles. The van der Waals surface area contributed by atoms with Gasteiger partial charge in [0.25, 0.3) is 0 Å². The summed E-state index contributed by atoms with van der Waals surface area (Å²) in [5.74, 6) is 6.21. The minimum Gasteiger partial charge on any atom is -0.491 e. The summed E-state index contributed by atoms with van der Waals surface area (Å²) in [6.07, 6.45) is 0.588. The average Bonchev–Trinajstić information content (AvgIpc) is 2.46. The molecule has 0 aliphatic rings. The lowest BCUT2D eigenvalue weighted by Gasteiger charge is -2.18. The van der Waals surface area contributed by atoms with Crippen molar-refractivity contribution >= 4 is 0 Å². The van der Waals surface area contributed by atoms with Gasteiger partial charge < -0.3 is 4.74 Å². The highest BCUT2D eigenvalue weighted by Gasteiger charge is 2.14. The van der Waals surface area contributed by atoms with Gasteiger partial charge >= 0.3 is 0 Å². The van der Waals surface area contributed by atoms with E-state index >= 15 is 0 Å². The van der Waals surface area contributed by atoms with E-state index in [2.05, 4.69) is 5.43 Å². The first-order chi connectivity index (χ1) is 10.1. The third-order valence-corrected chi connectivity index (χ3v) is 3.22. The van der Waals surface area contributed by atoms with Gasteiger partial charge in [-0.3, -0.25) is 11.3 Å². The Labute approximate surface area is 124 Å². The van der Waals surface area contributed by atoms with Gasteiger partial charge in [-0.25, -0.2) is 4.39 Å². The van der Waals surface area contributed by atoms with Crippen molar-refractivity contribution in [3.05, 3.63) is 65.5 Å². The summed E-state index contributed by atoms with van der Waals surface area (Å²) in [6.45, 7) is 3.95. The molecule has 2 aromatic rings. The average molecular weight is 288 g/mol. The summed E-state index contributed by atoms with van der Waals surface area (Å²) >= 11 is 0. The molecule has 1 unspecified atom stereocenters. The first-order valence-electron chi connectivity index (χ1n) is 7.06. The summed E-state index contributed by atoms with van der Waals surface area (Å²) in [5, 5.41) is 0. The molecular formula is C17H21FN2O.